The molecule has 1 amide bonds. The number of nitrogens with zero attached hydrogens (tertiary/aromatic N) is 1. The van der Waals surface area contributed by atoms with Crippen molar-refractivity contribution < 1.29 is 4.79 Å². The van der Waals surface area contributed by atoms with Crippen molar-refractivity contribution in [1.29, 1.82) is 5.26 Å². The fourth-order valence-corrected chi connectivity index (χ4v) is 2.96. The van der Waals surface area contributed by atoms with Crippen LogP contribution in [0.15, 0.2) is 29.2 Å². The van der Waals surface area contributed by atoms with Crippen LogP contribution >= 0.6 is 11.8 Å². The zero-order valence-electron chi connectivity index (χ0n) is 12.0. The largest absolute Gasteiger partial charge is 0.334 e. The standard InChI is InChI=1S/C16H20N2OS/c1-12-7-9-16(11-17,10-8-12)18-15(19)13-3-5-14(20-2)6-4-13/h3-6,12H,7-10H2,1-2H3,(H,18,19). The molecule has 1 aromatic carbocycles. The third-order valence-electron chi connectivity index (χ3n) is 4.05. The quantitative estimate of drug-likeness (QED) is 0.864. The first-order valence-electron chi connectivity index (χ1n) is 6.96. The molecule has 20 heavy (non-hydrogen) atoms. The summed E-state index contributed by atoms with van der Waals surface area (Å²) in [4.78, 5) is 13.4. The molecule has 0 unspecified atom stereocenters. The summed E-state index contributed by atoms with van der Waals surface area (Å²) in [5, 5.41) is 12.4. The molecule has 0 spiro atoms. The Hall–Kier alpha value is -1.47. The van der Waals surface area contributed by atoms with Gasteiger partial charge in [-0.25, -0.2) is 0 Å². The minimum atomic E-state index is -0.679. The van der Waals surface area contributed by atoms with E-state index in [0.29, 0.717) is 11.5 Å². The van der Waals surface area contributed by atoms with Gasteiger partial charge in [-0.05, 0) is 62.1 Å². The number of rotatable bonds is 3. The van der Waals surface area contributed by atoms with Crippen molar-refractivity contribution in [2.75, 3.05) is 6.26 Å². The zero-order valence-corrected chi connectivity index (χ0v) is 12.8. The van der Waals surface area contributed by atoms with Gasteiger partial charge in [-0.2, -0.15) is 5.26 Å². The Balaban J connectivity index is 2.07. The first-order chi connectivity index (χ1) is 9.58. The van der Waals surface area contributed by atoms with Gasteiger partial charge < -0.3 is 5.32 Å². The normalized spacial score (nSPS) is 25.8. The lowest BCUT2D eigenvalue weighted by atomic mass is 9.78. The highest BCUT2D eigenvalue weighted by Gasteiger charge is 2.35. The molecule has 1 saturated carbocycles. The average molecular weight is 288 g/mol. The van der Waals surface area contributed by atoms with Crippen LogP contribution in [0.4, 0.5) is 0 Å². The summed E-state index contributed by atoms with van der Waals surface area (Å²) in [6.45, 7) is 2.20. The Bertz CT molecular complexity index is 510. The Morgan fingerprint density at radius 2 is 1.95 bits per heavy atom. The number of nitrogens with one attached hydrogen (secondary N) is 1. The number of hydrogen-bond acceptors (Lipinski definition) is 3. The molecule has 0 atom stereocenters. The fourth-order valence-electron chi connectivity index (χ4n) is 2.55. The summed E-state index contributed by atoms with van der Waals surface area (Å²) in [6, 6.07) is 9.82. The van der Waals surface area contributed by atoms with E-state index in [2.05, 4.69) is 18.3 Å². The SMILES string of the molecule is CSc1ccc(C(=O)NC2(C#N)CCC(C)CC2)cc1. The third kappa shape index (κ3) is 3.34. The van der Waals surface area contributed by atoms with Crippen molar-refractivity contribution in [2.24, 2.45) is 5.92 Å². The van der Waals surface area contributed by atoms with Gasteiger partial charge in [0, 0.05) is 10.5 Å². The number of thioether (sulfide) groups is 1. The van der Waals surface area contributed by atoms with E-state index in [1.807, 2.05) is 30.5 Å². The van der Waals surface area contributed by atoms with Gasteiger partial charge in [0.1, 0.15) is 5.54 Å². The van der Waals surface area contributed by atoms with E-state index in [1.54, 1.807) is 11.8 Å². The molecular formula is C16H20N2OS. The molecule has 0 aliphatic heterocycles. The molecule has 1 N–H and O–H groups in total. The van der Waals surface area contributed by atoms with Crippen LogP contribution in [0.5, 0.6) is 0 Å². The Morgan fingerprint density at radius 3 is 2.45 bits per heavy atom. The molecule has 1 aromatic rings. The second kappa shape index (κ2) is 6.32. The molecule has 1 aliphatic rings. The third-order valence-corrected chi connectivity index (χ3v) is 4.79. The smallest absolute Gasteiger partial charge is 0.252 e. The lowest BCUT2D eigenvalue weighted by molar-refractivity contribution is 0.0894. The second-order valence-corrected chi connectivity index (χ2v) is 6.44. The van der Waals surface area contributed by atoms with Crippen molar-refractivity contribution in [2.45, 2.75) is 43.0 Å². The molecule has 0 aromatic heterocycles. The van der Waals surface area contributed by atoms with Crippen molar-refractivity contribution in [3.8, 4) is 6.07 Å². The van der Waals surface area contributed by atoms with Crippen LogP contribution in [0.2, 0.25) is 0 Å². The van der Waals surface area contributed by atoms with E-state index in [9.17, 15) is 10.1 Å². The van der Waals surface area contributed by atoms with Crippen molar-refractivity contribution in [3.63, 3.8) is 0 Å². The van der Waals surface area contributed by atoms with Crippen LogP contribution < -0.4 is 5.32 Å². The Labute approximate surface area is 124 Å². The summed E-state index contributed by atoms with van der Waals surface area (Å²) in [7, 11) is 0. The number of amides is 1. The number of carbonyl (C=O) groups excluding carboxylic acids is 1. The predicted molar refractivity (Wildman–Crippen MR) is 81.7 cm³/mol. The first-order valence-corrected chi connectivity index (χ1v) is 8.19. The van der Waals surface area contributed by atoms with Crippen LogP contribution in [0.3, 0.4) is 0 Å². The van der Waals surface area contributed by atoms with Gasteiger partial charge >= 0.3 is 0 Å². The van der Waals surface area contributed by atoms with E-state index < -0.39 is 5.54 Å². The van der Waals surface area contributed by atoms with Gasteiger partial charge in [0.05, 0.1) is 6.07 Å². The zero-order chi connectivity index (χ0) is 14.6. The van der Waals surface area contributed by atoms with E-state index in [0.717, 1.165) is 30.6 Å². The molecule has 106 valence electrons. The number of hydrogen-bond donors (Lipinski definition) is 1. The molecule has 0 saturated heterocycles. The van der Waals surface area contributed by atoms with Gasteiger partial charge in [0.25, 0.3) is 5.91 Å². The number of carbonyl (C=O) groups is 1. The summed E-state index contributed by atoms with van der Waals surface area (Å²) >= 11 is 1.64. The maximum absolute atomic E-state index is 12.3. The summed E-state index contributed by atoms with van der Waals surface area (Å²) in [5.41, 5.74) is -0.0575. The lowest BCUT2D eigenvalue weighted by Gasteiger charge is -2.34. The highest BCUT2D eigenvalue weighted by atomic mass is 32.2. The fraction of sp³-hybridized carbons (Fsp3) is 0.500. The van der Waals surface area contributed by atoms with E-state index >= 15 is 0 Å². The molecule has 1 aliphatic carbocycles. The molecule has 0 bridgehead atoms. The van der Waals surface area contributed by atoms with E-state index in [1.165, 1.54) is 0 Å². The van der Waals surface area contributed by atoms with Gasteiger partial charge in [0.15, 0.2) is 0 Å². The monoisotopic (exact) mass is 288 g/mol. The second-order valence-electron chi connectivity index (χ2n) is 5.56. The summed E-state index contributed by atoms with van der Waals surface area (Å²) in [6.07, 6.45) is 5.50. The van der Waals surface area contributed by atoms with Crippen molar-refractivity contribution in [3.05, 3.63) is 29.8 Å². The summed E-state index contributed by atoms with van der Waals surface area (Å²) < 4.78 is 0. The molecule has 0 heterocycles. The Morgan fingerprint density at radius 1 is 1.35 bits per heavy atom. The minimum Gasteiger partial charge on any atom is -0.334 e. The molecule has 2 rings (SSSR count). The molecular weight excluding hydrogens is 268 g/mol. The highest BCUT2D eigenvalue weighted by Crippen LogP contribution is 2.31. The summed E-state index contributed by atoms with van der Waals surface area (Å²) in [5.74, 6) is 0.503. The van der Waals surface area contributed by atoms with Crippen LogP contribution in [0.1, 0.15) is 43.0 Å². The van der Waals surface area contributed by atoms with Crippen LogP contribution in [0, 0.1) is 17.2 Å². The maximum atomic E-state index is 12.3. The average Bonchev–Trinajstić information content (AvgIpc) is 2.50. The first kappa shape index (κ1) is 14.9. The van der Waals surface area contributed by atoms with E-state index in [-0.39, 0.29) is 5.91 Å². The number of nitriles is 1. The minimum absolute atomic E-state index is 0.145. The highest BCUT2D eigenvalue weighted by molar-refractivity contribution is 7.98. The van der Waals surface area contributed by atoms with E-state index in [4.69, 9.17) is 0 Å². The molecule has 0 radical (unpaired) electrons. The van der Waals surface area contributed by atoms with Gasteiger partial charge in [-0.3, -0.25) is 4.79 Å². The van der Waals surface area contributed by atoms with Crippen LogP contribution in [-0.2, 0) is 0 Å². The predicted octanol–water partition coefficient (Wildman–Crippen LogP) is 3.61. The van der Waals surface area contributed by atoms with Gasteiger partial charge in [-0.15, -0.1) is 11.8 Å². The lowest BCUT2D eigenvalue weighted by Crippen LogP contribution is -2.49. The van der Waals surface area contributed by atoms with Crippen LogP contribution in [0.25, 0.3) is 0 Å². The van der Waals surface area contributed by atoms with Crippen LogP contribution in [-0.4, -0.2) is 17.7 Å². The number of benzene rings is 1. The topological polar surface area (TPSA) is 52.9 Å². The molecule has 3 nitrogen and oxygen atoms in total. The Kier molecular flexibility index (Phi) is 4.72. The molecule has 4 heteroatoms. The van der Waals surface area contributed by atoms with Crippen molar-refractivity contribution in [1.82, 2.24) is 5.32 Å². The van der Waals surface area contributed by atoms with Gasteiger partial charge in [0.2, 0.25) is 0 Å². The van der Waals surface area contributed by atoms with Crippen molar-refractivity contribution >= 4 is 17.7 Å². The van der Waals surface area contributed by atoms with Gasteiger partial charge in [-0.1, -0.05) is 6.92 Å². The molecule has 1 fully saturated rings. The maximum Gasteiger partial charge on any atom is 0.252 e.